The van der Waals surface area contributed by atoms with Gasteiger partial charge in [0.25, 0.3) is 0 Å². The molecular weight excluding hydrogens is 328 g/mol. The average molecular weight is 349 g/mol. The molecule has 2 unspecified atom stereocenters. The number of carbonyl (C=O) groups excluding carboxylic acids is 1. The maximum atomic E-state index is 12.1. The average Bonchev–Trinajstić information content (AvgIpc) is 2.56. The van der Waals surface area contributed by atoms with E-state index < -0.39 is 12.7 Å². The molecule has 0 spiro atoms. The van der Waals surface area contributed by atoms with Gasteiger partial charge < -0.3 is 15.2 Å². The standard InChI is InChI=1S/C19H21F2NO3/c1-13(11-17(23)15-5-3-2-4-6-15)22-18(24)12-14-7-9-16(10-8-14)25-19(20)21/h2-10,13,17,19,23H,11-12H2,1H3,(H,22,24). The Labute approximate surface area is 145 Å². The van der Waals surface area contributed by atoms with Gasteiger partial charge in [0.2, 0.25) is 5.91 Å². The van der Waals surface area contributed by atoms with Crippen LogP contribution in [0.4, 0.5) is 8.78 Å². The molecule has 2 aromatic carbocycles. The highest BCUT2D eigenvalue weighted by atomic mass is 19.3. The maximum Gasteiger partial charge on any atom is 0.387 e. The van der Waals surface area contributed by atoms with E-state index >= 15 is 0 Å². The van der Waals surface area contributed by atoms with Crippen LogP contribution in [-0.2, 0) is 11.2 Å². The van der Waals surface area contributed by atoms with E-state index in [1.807, 2.05) is 37.3 Å². The van der Waals surface area contributed by atoms with Gasteiger partial charge in [0.1, 0.15) is 5.75 Å². The first-order chi connectivity index (χ1) is 11.9. The highest BCUT2D eigenvalue weighted by molar-refractivity contribution is 5.78. The van der Waals surface area contributed by atoms with E-state index in [1.54, 1.807) is 12.1 Å². The van der Waals surface area contributed by atoms with Gasteiger partial charge in [-0.2, -0.15) is 8.78 Å². The number of benzene rings is 2. The third-order valence-electron chi connectivity index (χ3n) is 3.68. The smallest absolute Gasteiger partial charge is 0.387 e. The number of hydrogen-bond donors (Lipinski definition) is 2. The highest BCUT2D eigenvalue weighted by Gasteiger charge is 2.14. The zero-order valence-corrected chi connectivity index (χ0v) is 13.9. The normalized spacial score (nSPS) is 13.3. The molecule has 0 aromatic heterocycles. The molecule has 0 saturated heterocycles. The zero-order chi connectivity index (χ0) is 18.2. The minimum atomic E-state index is -2.87. The largest absolute Gasteiger partial charge is 0.435 e. The van der Waals surface area contributed by atoms with E-state index in [4.69, 9.17) is 0 Å². The molecule has 2 N–H and O–H groups in total. The minimum absolute atomic E-state index is 0.0542. The molecule has 6 heteroatoms. The Hall–Kier alpha value is -2.47. The fourth-order valence-corrected chi connectivity index (χ4v) is 2.51. The molecule has 0 saturated carbocycles. The number of hydrogen-bond acceptors (Lipinski definition) is 3. The Kier molecular flexibility index (Phi) is 6.89. The van der Waals surface area contributed by atoms with E-state index in [2.05, 4.69) is 10.1 Å². The Morgan fingerprint density at radius 1 is 1.12 bits per heavy atom. The fourth-order valence-electron chi connectivity index (χ4n) is 2.51. The summed E-state index contributed by atoms with van der Waals surface area (Å²) in [7, 11) is 0. The number of aliphatic hydroxyl groups excluding tert-OH is 1. The van der Waals surface area contributed by atoms with Crippen LogP contribution in [-0.4, -0.2) is 23.7 Å². The summed E-state index contributed by atoms with van der Waals surface area (Å²) in [6.45, 7) is -1.05. The van der Waals surface area contributed by atoms with Gasteiger partial charge >= 0.3 is 6.61 Å². The number of alkyl halides is 2. The zero-order valence-electron chi connectivity index (χ0n) is 13.9. The molecule has 2 atom stereocenters. The van der Waals surface area contributed by atoms with Crippen LogP contribution in [0.25, 0.3) is 0 Å². The summed E-state index contributed by atoms with van der Waals surface area (Å²) in [6.07, 6.45) is -0.125. The summed E-state index contributed by atoms with van der Waals surface area (Å²) in [5.41, 5.74) is 1.49. The first-order valence-corrected chi connectivity index (χ1v) is 8.00. The van der Waals surface area contributed by atoms with Gasteiger partial charge in [-0.15, -0.1) is 0 Å². The Morgan fingerprint density at radius 3 is 2.36 bits per heavy atom. The molecule has 0 bridgehead atoms. The van der Waals surface area contributed by atoms with Crippen molar-refractivity contribution >= 4 is 5.91 Å². The number of nitrogens with one attached hydrogen (secondary N) is 1. The Morgan fingerprint density at radius 2 is 1.76 bits per heavy atom. The molecule has 2 aromatic rings. The Bertz CT molecular complexity index is 662. The molecule has 1 amide bonds. The molecule has 25 heavy (non-hydrogen) atoms. The van der Waals surface area contributed by atoms with Crippen molar-refractivity contribution in [2.24, 2.45) is 0 Å². The number of amides is 1. The molecule has 0 aliphatic rings. The third-order valence-corrected chi connectivity index (χ3v) is 3.68. The fraction of sp³-hybridized carbons (Fsp3) is 0.316. The van der Waals surface area contributed by atoms with Crippen LogP contribution >= 0.6 is 0 Å². The van der Waals surface area contributed by atoms with Crippen LogP contribution in [0, 0.1) is 0 Å². The lowest BCUT2D eigenvalue weighted by Gasteiger charge is -2.18. The van der Waals surface area contributed by atoms with Crippen LogP contribution in [0.1, 0.15) is 30.6 Å². The molecule has 2 rings (SSSR count). The van der Waals surface area contributed by atoms with Crippen molar-refractivity contribution < 1.29 is 23.4 Å². The molecular formula is C19H21F2NO3. The number of ether oxygens (including phenoxy) is 1. The first kappa shape index (κ1) is 18.9. The highest BCUT2D eigenvalue weighted by Crippen LogP contribution is 2.18. The van der Waals surface area contributed by atoms with Gasteiger partial charge in [-0.1, -0.05) is 42.5 Å². The number of aliphatic hydroxyl groups is 1. The summed E-state index contributed by atoms with van der Waals surface area (Å²) in [4.78, 5) is 12.1. The van der Waals surface area contributed by atoms with E-state index in [0.29, 0.717) is 12.0 Å². The number of carbonyl (C=O) groups is 1. The van der Waals surface area contributed by atoms with Crippen molar-refractivity contribution in [3.8, 4) is 5.75 Å². The van der Waals surface area contributed by atoms with Crippen molar-refractivity contribution in [1.29, 1.82) is 0 Å². The third kappa shape index (κ3) is 6.51. The Balaban J connectivity index is 1.81. The lowest BCUT2D eigenvalue weighted by atomic mass is 10.0. The van der Waals surface area contributed by atoms with E-state index in [1.165, 1.54) is 12.1 Å². The first-order valence-electron chi connectivity index (χ1n) is 8.00. The second-order valence-electron chi connectivity index (χ2n) is 5.83. The van der Waals surface area contributed by atoms with Gasteiger partial charge in [-0.3, -0.25) is 4.79 Å². The minimum Gasteiger partial charge on any atom is -0.435 e. The summed E-state index contributed by atoms with van der Waals surface area (Å²) in [6, 6.07) is 15.0. The topological polar surface area (TPSA) is 58.6 Å². The van der Waals surface area contributed by atoms with Crippen LogP contribution in [0.3, 0.4) is 0 Å². The van der Waals surface area contributed by atoms with Crippen LogP contribution < -0.4 is 10.1 Å². The summed E-state index contributed by atoms with van der Waals surface area (Å²) >= 11 is 0. The van der Waals surface area contributed by atoms with Crippen molar-refractivity contribution in [1.82, 2.24) is 5.32 Å². The van der Waals surface area contributed by atoms with Crippen molar-refractivity contribution in [2.75, 3.05) is 0 Å². The molecule has 0 fully saturated rings. The summed E-state index contributed by atoms with van der Waals surface area (Å²) < 4.78 is 28.5. The molecule has 134 valence electrons. The van der Waals surface area contributed by atoms with E-state index in [0.717, 1.165) is 5.56 Å². The van der Waals surface area contributed by atoms with Crippen molar-refractivity contribution in [3.63, 3.8) is 0 Å². The predicted molar refractivity (Wildman–Crippen MR) is 90.4 cm³/mol. The molecule has 0 radical (unpaired) electrons. The number of halogens is 2. The van der Waals surface area contributed by atoms with Gasteiger partial charge in [-0.05, 0) is 36.6 Å². The lowest BCUT2D eigenvalue weighted by Crippen LogP contribution is -2.34. The molecule has 0 heterocycles. The van der Waals surface area contributed by atoms with Crippen LogP contribution in [0.5, 0.6) is 5.75 Å². The summed E-state index contributed by atoms with van der Waals surface area (Å²) in [5, 5.41) is 13.0. The summed E-state index contributed by atoms with van der Waals surface area (Å²) in [5.74, 6) is -0.145. The van der Waals surface area contributed by atoms with Gasteiger partial charge in [0, 0.05) is 6.04 Å². The van der Waals surface area contributed by atoms with E-state index in [9.17, 15) is 18.7 Å². The maximum absolute atomic E-state index is 12.1. The monoisotopic (exact) mass is 349 g/mol. The lowest BCUT2D eigenvalue weighted by molar-refractivity contribution is -0.121. The predicted octanol–water partition coefficient (Wildman–Crippen LogP) is 3.46. The second-order valence-corrected chi connectivity index (χ2v) is 5.83. The molecule has 0 aliphatic carbocycles. The van der Waals surface area contributed by atoms with Crippen LogP contribution in [0.2, 0.25) is 0 Å². The second kappa shape index (κ2) is 9.13. The molecule has 0 aliphatic heterocycles. The van der Waals surface area contributed by atoms with Gasteiger partial charge in [0.15, 0.2) is 0 Å². The van der Waals surface area contributed by atoms with Gasteiger partial charge in [0.05, 0.1) is 12.5 Å². The number of rotatable bonds is 8. The van der Waals surface area contributed by atoms with E-state index in [-0.39, 0.29) is 24.1 Å². The van der Waals surface area contributed by atoms with Crippen molar-refractivity contribution in [2.45, 2.75) is 38.5 Å². The molecule has 4 nitrogen and oxygen atoms in total. The quantitative estimate of drug-likeness (QED) is 0.767. The van der Waals surface area contributed by atoms with Crippen LogP contribution in [0.15, 0.2) is 54.6 Å². The SMILES string of the molecule is CC(CC(O)c1ccccc1)NC(=O)Cc1ccc(OC(F)F)cc1. The van der Waals surface area contributed by atoms with Gasteiger partial charge in [-0.25, -0.2) is 0 Å². The van der Waals surface area contributed by atoms with Crippen molar-refractivity contribution in [3.05, 3.63) is 65.7 Å².